The van der Waals surface area contributed by atoms with Crippen molar-refractivity contribution in [2.75, 3.05) is 19.6 Å². The summed E-state index contributed by atoms with van der Waals surface area (Å²) >= 11 is 0. The lowest BCUT2D eigenvalue weighted by atomic mass is 10.1. The molecule has 3 rings (SSSR count). The molecule has 24 heavy (non-hydrogen) atoms. The lowest BCUT2D eigenvalue weighted by molar-refractivity contribution is 0.0787. The van der Waals surface area contributed by atoms with Gasteiger partial charge < -0.3 is 10.2 Å². The molecule has 0 saturated carbocycles. The molecule has 2 heterocycles. The van der Waals surface area contributed by atoms with Crippen LogP contribution in [0.3, 0.4) is 0 Å². The number of aromatic nitrogens is 2. The molecule has 1 atom stereocenters. The Bertz CT molecular complexity index is 741. The van der Waals surface area contributed by atoms with Crippen LogP contribution in [0.1, 0.15) is 27.3 Å². The second-order valence-electron chi connectivity index (χ2n) is 6.00. The fourth-order valence-corrected chi connectivity index (χ4v) is 2.82. The molecular weight excluding hydrogens is 311 g/mol. The zero-order valence-electron chi connectivity index (χ0n) is 13.4. The van der Waals surface area contributed by atoms with Gasteiger partial charge in [-0.3, -0.25) is 14.3 Å². The first-order valence-corrected chi connectivity index (χ1v) is 7.85. The molecule has 126 valence electrons. The number of hydrogen-bond acceptors (Lipinski definition) is 3. The molecule has 7 heteroatoms. The number of halogens is 1. The van der Waals surface area contributed by atoms with Crippen molar-refractivity contribution in [2.24, 2.45) is 13.0 Å². The van der Waals surface area contributed by atoms with Crippen LogP contribution in [-0.2, 0) is 7.05 Å². The molecule has 1 aliphatic heterocycles. The molecule has 2 aromatic rings. The van der Waals surface area contributed by atoms with Crippen molar-refractivity contribution in [2.45, 2.75) is 6.42 Å². The first-order valence-electron chi connectivity index (χ1n) is 7.85. The smallest absolute Gasteiger partial charge is 0.271 e. The number of aryl methyl sites for hydroxylation is 1. The van der Waals surface area contributed by atoms with Crippen LogP contribution in [0.5, 0.6) is 0 Å². The van der Waals surface area contributed by atoms with Gasteiger partial charge in [0.05, 0.1) is 0 Å². The van der Waals surface area contributed by atoms with Gasteiger partial charge in [-0.05, 0) is 42.7 Å². The monoisotopic (exact) mass is 330 g/mol. The van der Waals surface area contributed by atoms with E-state index in [9.17, 15) is 14.0 Å². The zero-order valence-corrected chi connectivity index (χ0v) is 13.4. The zero-order chi connectivity index (χ0) is 17.1. The van der Waals surface area contributed by atoms with E-state index in [1.54, 1.807) is 28.9 Å². The molecule has 0 radical (unpaired) electrons. The standard InChI is InChI=1S/C17H19FN4O2/c1-21-8-7-15(20-21)16(23)19-10-12-6-9-22(11-12)17(24)13-2-4-14(18)5-3-13/h2-5,7-8,12H,6,9-11H2,1H3,(H,19,23). The number of nitrogens with zero attached hydrogens (tertiary/aromatic N) is 3. The van der Waals surface area contributed by atoms with E-state index in [-0.39, 0.29) is 23.5 Å². The van der Waals surface area contributed by atoms with Crippen molar-refractivity contribution in [3.8, 4) is 0 Å². The van der Waals surface area contributed by atoms with Gasteiger partial charge >= 0.3 is 0 Å². The van der Waals surface area contributed by atoms with Crippen LogP contribution in [0, 0.1) is 11.7 Å². The van der Waals surface area contributed by atoms with Gasteiger partial charge in [0.15, 0.2) is 0 Å². The second kappa shape index (κ2) is 6.82. The summed E-state index contributed by atoms with van der Waals surface area (Å²) in [5.41, 5.74) is 0.865. The minimum Gasteiger partial charge on any atom is -0.350 e. The van der Waals surface area contributed by atoms with Crippen molar-refractivity contribution in [1.82, 2.24) is 20.0 Å². The highest BCUT2D eigenvalue weighted by Crippen LogP contribution is 2.18. The minimum absolute atomic E-state index is 0.103. The Labute approximate surface area is 139 Å². The molecule has 1 fully saturated rings. The summed E-state index contributed by atoms with van der Waals surface area (Å²) in [4.78, 5) is 26.1. The summed E-state index contributed by atoms with van der Waals surface area (Å²) in [6, 6.07) is 7.22. The first kappa shape index (κ1) is 16.2. The van der Waals surface area contributed by atoms with Crippen LogP contribution in [0.15, 0.2) is 36.5 Å². The Morgan fingerprint density at radius 3 is 2.71 bits per heavy atom. The Morgan fingerprint density at radius 2 is 2.04 bits per heavy atom. The van der Waals surface area contributed by atoms with Gasteiger partial charge in [0.25, 0.3) is 11.8 Å². The summed E-state index contributed by atoms with van der Waals surface area (Å²) in [5, 5.41) is 6.91. The predicted molar refractivity (Wildman–Crippen MR) is 86.0 cm³/mol. The molecule has 6 nitrogen and oxygen atoms in total. The van der Waals surface area contributed by atoms with Crippen molar-refractivity contribution < 1.29 is 14.0 Å². The normalized spacial score (nSPS) is 17.1. The molecule has 1 saturated heterocycles. The number of nitrogens with one attached hydrogen (secondary N) is 1. The van der Waals surface area contributed by atoms with E-state index in [1.807, 2.05) is 0 Å². The summed E-state index contributed by atoms with van der Waals surface area (Å²) in [6.07, 6.45) is 2.54. The fourth-order valence-electron chi connectivity index (χ4n) is 2.82. The van der Waals surface area contributed by atoms with Crippen molar-refractivity contribution in [3.05, 3.63) is 53.6 Å². The van der Waals surface area contributed by atoms with E-state index >= 15 is 0 Å². The van der Waals surface area contributed by atoms with Gasteiger partial charge in [0.2, 0.25) is 0 Å². The lowest BCUT2D eigenvalue weighted by Crippen LogP contribution is -2.33. The molecule has 1 aromatic carbocycles. The van der Waals surface area contributed by atoms with Crippen LogP contribution in [-0.4, -0.2) is 46.1 Å². The summed E-state index contributed by atoms with van der Waals surface area (Å²) < 4.78 is 14.5. The van der Waals surface area contributed by atoms with Crippen molar-refractivity contribution >= 4 is 11.8 Å². The quantitative estimate of drug-likeness (QED) is 0.923. The molecule has 2 amide bonds. The number of carbonyl (C=O) groups excluding carboxylic acids is 2. The molecule has 1 N–H and O–H groups in total. The van der Waals surface area contributed by atoms with Gasteiger partial charge in [-0.2, -0.15) is 5.10 Å². The van der Waals surface area contributed by atoms with E-state index in [1.165, 1.54) is 24.3 Å². The number of rotatable bonds is 4. The van der Waals surface area contributed by atoms with Crippen LogP contribution >= 0.6 is 0 Å². The third-order valence-corrected chi connectivity index (χ3v) is 4.16. The Kier molecular flexibility index (Phi) is 4.59. The predicted octanol–water partition coefficient (Wildman–Crippen LogP) is 1.45. The average Bonchev–Trinajstić information content (AvgIpc) is 3.22. The maximum atomic E-state index is 12.9. The molecule has 0 spiro atoms. The van der Waals surface area contributed by atoms with Crippen LogP contribution < -0.4 is 5.32 Å². The summed E-state index contributed by atoms with van der Waals surface area (Å²) in [6.45, 7) is 1.72. The van der Waals surface area contributed by atoms with Crippen LogP contribution in [0.25, 0.3) is 0 Å². The number of amides is 2. The molecule has 0 bridgehead atoms. The highest BCUT2D eigenvalue weighted by Gasteiger charge is 2.27. The second-order valence-corrected chi connectivity index (χ2v) is 6.00. The van der Waals surface area contributed by atoms with E-state index in [2.05, 4.69) is 10.4 Å². The van der Waals surface area contributed by atoms with Crippen molar-refractivity contribution in [1.29, 1.82) is 0 Å². The molecule has 1 aromatic heterocycles. The topological polar surface area (TPSA) is 67.2 Å². The highest BCUT2D eigenvalue weighted by atomic mass is 19.1. The molecule has 0 aliphatic carbocycles. The van der Waals surface area contributed by atoms with E-state index in [0.29, 0.717) is 30.9 Å². The van der Waals surface area contributed by atoms with Crippen molar-refractivity contribution in [3.63, 3.8) is 0 Å². The lowest BCUT2D eigenvalue weighted by Gasteiger charge is -2.16. The third kappa shape index (κ3) is 3.61. The number of likely N-dealkylation sites (tertiary alicyclic amines) is 1. The Hall–Kier alpha value is -2.70. The van der Waals surface area contributed by atoms with Gasteiger partial charge in [-0.1, -0.05) is 0 Å². The first-order chi connectivity index (χ1) is 11.5. The molecule has 1 aliphatic rings. The fraction of sp³-hybridized carbons (Fsp3) is 0.353. The summed E-state index contributed by atoms with van der Waals surface area (Å²) in [5.74, 6) is -0.461. The van der Waals surface area contributed by atoms with Gasteiger partial charge in [-0.15, -0.1) is 0 Å². The molecule has 1 unspecified atom stereocenters. The average molecular weight is 330 g/mol. The largest absolute Gasteiger partial charge is 0.350 e. The maximum absolute atomic E-state index is 12.9. The summed E-state index contributed by atoms with van der Waals surface area (Å²) in [7, 11) is 1.76. The van der Waals surface area contributed by atoms with Crippen LogP contribution in [0.2, 0.25) is 0 Å². The SMILES string of the molecule is Cn1ccc(C(=O)NCC2CCN(C(=O)c3ccc(F)cc3)C2)n1. The van der Waals surface area contributed by atoms with E-state index in [4.69, 9.17) is 0 Å². The number of benzene rings is 1. The number of carbonyl (C=O) groups is 2. The van der Waals surface area contributed by atoms with E-state index < -0.39 is 0 Å². The highest BCUT2D eigenvalue weighted by molar-refractivity contribution is 5.94. The maximum Gasteiger partial charge on any atom is 0.271 e. The van der Waals surface area contributed by atoms with Gasteiger partial charge in [-0.25, -0.2) is 4.39 Å². The molecular formula is C17H19FN4O2. The van der Waals surface area contributed by atoms with E-state index in [0.717, 1.165) is 6.42 Å². The number of hydrogen-bond donors (Lipinski definition) is 1. The Morgan fingerprint density at radius 1 is 1.29 bits per heavy atom. The van der Waals surface area contributed by atoms with Gasteiger partial charge in [0.1, 0.15) is 11.5 Å². The Balaban J connectivity index is 1.51. The van der Waals surface area contributed by atoms with Crippen LogP contribution in [0.4, 0.5) is 4.39 Å². The minimum atomic E-state index is -0.358. The third-order valence-electron chi connectivity index (χ3n) is 4.16. The van der Waals surface area contributed by atoms with Gasteiger partial charge in [0, 0.05) is 38.4 Å².